The van der Waals surface area contributed by atoms with Crippen molar-refractivity contribution in [1.82, 2.24) is 15.0 Å². The molecular weight excluding hydrogens is 345 g/mol. The molecule has 6 heteroatoms. The van der Waals surface area contributed by atoms with E-state index >= 15 is 0 Å². The van der Waals surface area contributed by atoms with E-state index in [4.69, 9.17) is 4.52 Å². The zero-order valence-corrected chi connectivity index (χ0v) is 15.1. The third-order valence-electron chi connectivity index (χ3n) is 4.89. The minimum Gasteiger partial charge on any atom is -0.337 e. The maximum atomic E-state index is 13.2. The number of carbonyl (C=O) groups is 1. The topological polar surface area (TPSA) is 59.2 Å². The SMILES string of the molecule is Cc1ccc(-c2noc(C3CCCCN3C(=O)c3ccc(F)cc3)n2)cc1. The molecule has 0 saturated carbocycles. The number of rotatable bonds is 3. The molecule has 0 aliphatic carbocycles. The van der Waals surface area contributed by atoms with Crippen molar-refractivity contribution in [2.24, 2.45) is 0 Å². The summed E-state index contributed by atoms with van der Waals surface area (Å²) in [5, 5.41) is 4.10. The molecule has 5 nitrogen and oxygen atoms in total. The van der Waals surface area contributed by atoms with Gasteiger partial charge in [0.2, 0.25) is 11.7 Å². The van der Waals surface area contributed by atoms with Crippen molar-refractivity contribution in [3.63, 3.8) is 0 Å². The lowest BCUT2D eigenvalue weighted by Gasteiger charge is -2.33. The van der Waals surface area contributed by atoms with Gasteiger partial charge in [0, 0.05) is 17.7 Å². The fraction of sp³-hybridized carbons (Fsp3) is 0.286. The highest BCUT2D eigenvalue weighted by atomic mass is 19.1. The number of amides is 1. The number of benzene rings is 2. The molecule has 4 rings (SSSR count). The number of hydrogen-bond acceptors (Lipinski definition) is 4. The van der Waals surface area contributed by atoms with Gasteiger partial charge in [-0.15, -0.1) is 0 Å². The average molecular weight is 365 g/mol. The zero-order valence-electron chi connectivity index (χ0n) is 15.1. The molecule has 0 spiro atoms. The first kappa shape index (κ1) is 17.4. The van der Waals surface area contributed by atoms with Crippen molar-refractivity contribution in [2.75, 3.05) is 6.54 Å². The molecule has 0 N–H and O–H groups in total. The molecular formula is C21H20FN3O2. The highest BCUT2D eigenvalue weighted by molar-refractivity contribution is 5.94. The third-order valence-corrected chi connectivity index (χ3v) is 4.89. The van der Waals surface area contributed by atoms with Gasteiger partial charge in [-0.05, 0) is 50.5 Å². The number of aryl methyl sites for hydroxylation is 1. The molecule has 0 radical (unpaired) electrons. The van der Waals surface area contributed by atoms with Gasteiger partial charge < -0.3 is 9.42 Å². The van der Waals surface area contributed by atoms with E-state index in [9.17, 15) is 9.18 Å². The van der Waals surface area contributed by atoms with Crippen molar-refractivity contribution in [3.05, 3.63) is 71.4 Å². The lowest BCUT2D eigenvalue weighted by atomic mass is 10.0. The minimum absolute atomic E-state index is 0.144. The Morgan fingerprint density at radius 3 is 2.59 bits per heavy atom. The summed E-state index contributed by atoms with van der Waals surface area (Å²) in [4.78, 5) is 19.2. The Morgan fingerprint density at radius 1 is 1.11 bits per heavy atom. The largest absolute Gasteiger partial charge is 0.337 e. The maximum Gasteiger partial charge on any atom is 0.254 e. The van der Waals surface area contributed by atoms with Gasteiger partial charge in [-0.1, -0.05) is 35.0 Å². The normalized spacial score (nSPS) is 17.1. The summed E-state index contributed by atoms with van der Waals surface area (Å²) < 4.78 is 18.7. The summed E-state index contributed by atoms with van der Waals surface area (Å²) in [6.07, 6.45) is 2.67. The molecule has 1 amide bonds. The summed E-state index contributed by atoms with van der Waals surface area (Å²) in [5.74, 6) is 0.460. The summed E-state index contributed by atoms with van der Waals surface area (Å²) in [5.41, 5.74) is 2.50. The molecule has 0 bridgehead atoms. The van der Waals surface area contributed by atoms with E-state index in [-0.39, 0.29) is 17.8 Å². The van der Waals surface area contributed by atoms with E-state index in [1.807, 2.05) is 31.2 Å². The van der Waals surface area contributed by atoms with Crippen molar-refractivity contribution in [2.45, 2.75) is 32.2 Å². The second-order valence-corrected chi connectivity index (χ2v) is 6.84. The standard InChI is InChI=1S/C21H20FN3O2/c1-14-5-7-15(8-6-14)19-23-20(27-24-19)18-4-2-3-13-25(18)21(26)16-9-11-17(22)12-10-16/h5-12,18H,2-4,13H2,1H3. The summed E-state index contributed by atoms with van der Waals surface area (Å²) in [6, 6.07) is 13.3. The molecule has 27 heavy (non-hydrogen) atoms. The van der Waals surface area contributed by atoms with Crippen LogP contribution in [0, 0.1) is 12.7 Å². The van der Waals surface area contributed by atoms with Crippen LogP contribution in [0.4, 0.5) is 4.39 Å². The second kappa shape index (κ2) is 7.31. The van der Waals surface area contributed by atoms with Crippen molar-refractivity contribution in [1.29, 1.82) is 0 Å². The third kappa shape index (κ3) is 3.60. The Kier molecular flexibility index (Phi) is 4.71. The van der Waals surface area contributed by atoms with Crippen LogP contribution in [0.5, 0.6) is 0 Å². The van der Waals surface area contributed by atoms with Gasteiger partial charge in [0.05, 0.1) is 0 Å². The predicted octanol–water partition coefficient (Wildman–Crippen LogP) is 4.55. The van der Waals surface area contributed by atoms with Crippen LogP contribution in [-0.2, 0) is 0 Å². The lowest BCUT2D eigenvalue weighted by Crippen LogP contribution is -2.38. The Balaban J connectivity index is 1.60. The van der Waals surface area contributed by atoms with E-state index in [0.29, 0.717) is 23.8 Å². The van der Waals surface area contributed by atoms with Gasteiger partial charge in [-0.2, -0.15) is 4.98 Å². The molecule has 1 aliphatic rings. The highest BCUT2D eigenvalue weighted by Gasteiger charge is 2.32. The number of halogens is 1. The number of piperidine rings is 1. The van der Waals surface area contributed by atoms with Gasteiger partial charge in [0.15, 0.2) is 0 Å². The lowest BCUT2D eigenvalue weighted by molar-refractivity contribution is 0.0561. The van der Waals surface area contributed by atoms with Gasteiger partial charge in [0.25, 0.3) is 5.91 Å². The van der Waals surface area contributed by atoms with Crippen molar-refractivity contribution in [3.8, 4) is 11.4 Å². The van der Waals surface area contributed by atoms with Gasteiger partial charge in [0.1, 0.15) is 11.9 Å². The van der Waals surface area contributed by atoms with E-state index in [1.54, 1.807) is 4.90 Å². The van der Waals surface area contributed by atoms with E-state index in [1.165, 1.54) is 24.3 Å². The molecule has 1 aliphatic heterocycles. The van der Waals surface area contributed by atoms with Crippen LogP contribution in [0.25, 0.3) is 11.4 Å². The van der Waals surface area contributed by atoms with Gasteiger partial charge in [-0.25, -0.2) is 4.39 Å². The van der Waals surface area contributed by atoms with Crippen LogP contribution in [0.3, 0.4) is 0 Å². The maximum absolute atomic E-state index is 13.2. The van der Waals surface area contributed by atoms with Crippen LogP contribution in [0.2, 0.25) is 0 Å². The van der Waals surface area contributed by atoms with Gasteiger partial charge >= 0.3 is 0 Å². The molecule has 1 unspecified atom stereocenters. The molecule has 2 aromatic carbocycles. The van der Waals surface area contributed by atoms with Crippen LogP contribution in [0.15, 0.2) is 53.1 Å². The monoisotopic (exact) mass is 365 g/mol. The molecule has 1 aromatic heterocycles. The second-order valence-electron chi connectivity index (χ2n) is 6.84. The fourth-order valence-corrected chi connectivity index (χ4v) is 3.38. The first-order valence-corrected chi connectivity index (χ1v) is 9.09. The fourth-order valence-electron chi connectivity index (χ4n) is 3.38. The Bertz CT molecular complexity index is 935. The zero-order chi connectivity index (χ0) is 18.8. The summed E-state index contributed by atoms with van der Waals surface area (Å²) >= 11 is 0. The predicted molar refractivity (Wildman–Crippen MR) is 98.5 cm³/mol. The Morgan fingerprint density at radius 2 is 1.85 bits per heavy atom. The summed E-state index contributed by atoms with van der Waals surface area (Å²) in [6.45, 7) is 2.63. The molecule has 138 valence electrons. The molecule has 1 fully saturated rings. The molecule has 1 atom stereocenters. The molecule has 1 saturated heterocycles. The van der Waals surface area contributed by atoms with Crippen LogP contribution in [0.1, 0.15) is 47.1 Å². The first-order chi connectivity index (χ1) is 13.1. The van der Waals surface area contributed by atoms with Crippen molar-refractivity contribution < 1.29 is 13.7 Å². The highest BCUT2D eigenvalue weighted by Crippen LogP contribution is 2.32. The Hall–Kier alpha value is -3.02. The number of carbonyl (C=O) groups excluding carboxylic acids is 1. The number of aromatic nitrogens is 2. The first-order valence-electron chi connectivity index (χ1n) is 9.09. The molecule has 3 aromatic rings. The minimum atomic E-state index is -0.360. The van der Waals surface area contributed by atoms with E-state index in [0.717, 1.165) is 30.4 Å². The van der Waals surface area contributed by atoms with Gasteiger partial charge in [-0.3, -0.25) is 4.79 Å². The Labute approximate surface area is 156 Å². The summed E-state index contributed by atoms with van der Waals surface area (Å²) in [7, 11) is 0. The molecule has 2 heterocycles. The number of likely N-dealkylation sites (tertiary alicyclic amines) is 1. The van der Waals surface area contributed by atoms with E-state index in [2.05, 4.69) is 10.1 Å². The van der Waals surface area contributed by atoms with Crippen LogP contribution in [-0.4, -0.2) is 27.5 Å². The average Bonchev–Trinajstić information content (AvgIpc) is 3.19. The number of hydrogen-bond donors (Lipinski definition) is 0. The smallest absolute Gasteiger partial charge is 0.254 e. The van der Waals surface area contributed by atoms with Crippen LogP contribution >= 0.6 is 0 Å². The van der Waals surface area contributed by atoms with Crippen molar-refractivity contribution >= 4 is 5.91 Å². The number of nitrogens with zero attached hydrogens (tertiary/aromatic N) is 3. The quantitative estimate of drug-likeness (QED) is 0.683. The van der Waals surface area contributed by atoms with E-state index < -0.39 is 0 Å². The van der Waals surface area contributed by atoms with Crippen LogP contribution < -0.4 is 0 Å².